The van der Waals surface area contributed by atoms with Gasteiger partial charge in [0.1, 0.15) is 6.17 Å². The average molecular weight is 363 g/mol. The molecular formula is C22H25N3O2. The lowest BCUT2D eigenvalue weighted by atomic mass is 9.97. The molecule has 0 unspecified atom stereocenters. The van der Waals surface area contributed by atoms with Crippen LogP contribution in [0.1, 0.15) is 51.1 Å². The topological polar surface area (TPSA) is 52.7 Å². The number of rotatable bonds is 3. The van der Waals surface area contributed by atoms with Crippen molar-refractivity contribution in [2.45, 2.75) is 38.9 Å². The summed E-state index contributed by atoms with van der Waals surface area (Å²) >= 11 is 0. The minimum absolute atomic E-state index is 0.0829. The molecule has 1 fully saturated rings. The molecule has 1 N–H and O–H groups in total. The van der Waals surface area contributed by atoms with Crippen LogP contribution in [0, 0.1) is 6.92 Å². The highest BCUT2D eigenvalue weighted by Crippen LogP contribution is 2.34. The second-order valence-corrected chi connectivity index (χ2v) is 7.49. The Hall–Kier alpha value is -2.82. The number of amides is 2. The fourth-order valence-electron chi connectivity index (χ4n) is 4.12. The Kier molecular flexibility index (Phi) is 4.60. The summed E-state index contributed by atoms with van der Waals surface area (Å²) in [5.41, 5.74) is 4.38. The lowest BCUT2D eigenvalue weighted by Gasteiger charge is -2.46. The van der Waals surface area contributed by atoms with Crippen molar-refractivity contribution in [3.8, 4) is 0 Å². The molecule has 0 radical (unpaired) electrons. The van der Waals surface area contributed by atoms with Crippen LogP contribution >= 0.6 is 0 Å². The van der Waals surface area contributed by atoms with E-state index in [0.717, 1.165) is 37.1 Å². The molecule has 1 saturated heterocycles. The predicted octanol–water partition coefficient (Wildman–Crippen LogP) is 3.33. The molecule has 5 nitrogen and oxygen atoms in total. The van der Waals surface area contributed by atoms with E-state index in [1.807, 2.05) is 43.1 Å². The van der Waals surface area contributed by atoms with Gasteiger partial charge in [0.2, 0.25) is 0 Å². The van der Waals surface area contributed by atoms with Gasteiger partial charge in [0, 0.05) is 25.7 Å². The van der Waals surface area contributed by atoms with Gasteiger partial charge in [0.25, 0.3) is 11.8 Å². The van der Waals surface area contributed by atoms with E-state index in [1.54, 1.807) is 12.1 Å². The Labute approximate surface area is 160 Å². The zero-order valence-corrected chi connectivity index (χ0v) is 15.9. The van der Waals surface area contributed by atoms with E-state index >= 15 is 0 Å². The number of hydrogen-bond donors (Lipinski definition) is 1. The maximum Gasteiger partial charge on any atom is 0.257 e. The molecule has 4 rings (SSSR count). The molecule has 1 atom stereocenters. The van der Waals surface area contributed by atoms with Crippen LogP contribution in [0.15, 0.2) is 42.5 Å². The Bertz CT molecular complexity index is 893. The Morgan fingerprint density at radius 3 is 2.85 bits per heavy atom. The fourth-order valence-corrected chi connectivity index (χ4v) is 4.12. The number of nitrogens with one attached hydrogen (secondary N) is 1. The third kappa shape index (κ3) is 3.29. The highest BCUT2D eigenvalue weighted by Gasteiger charge is 2.37. The number of piperidine rings is 1. The molecule has 140 valence electrons. The SMILES string of the molecule is Cc1cccc(CNC(=O)c2ccc3c(c2)N(C)[C@H]2CCCCN2C3=O)c1. The van der Waals surface area contributed by atoms with Gasteiger partial charge < -0.3 is 15.1 Å². The third-order valence-electron chi connectivity index (χ3n) is 5.58. The summed E-state index contributed by atoms with van der Waals surface area (Å²) < 4.78 is 0. The second kappa shape index (κ2) is 7.06. The van der Waals surface area contributed by atoms with Crippen LogP contribution in [-0.2, 0) is 6.54 Å². The summed E-state index contributed by atoms with van der Waals surface area (Å²) in [6.07, 6.45) is 3.27. The van der Waals surface area contributed by atoms with Crippen LogP contribution < -0.4 is 10.2 Å². The van der Waals surface area contributed by atoms with Gasteiger partial charge in [-0.05, 0) is 49.9 Å². The molecule has 0 aromatic heterocycles. The summed E-state index contributed by atoms with van der Waals surface area (Å²) in [4.78, 5) is 29.6. The number of carbonyl (C=O) groups excluding carboxylic acids is 2. The first kappa shape index (κ1) is 17.6. The largest absolute Gasteiger partial charge is 0.354 e. The predicted molar refractivity (Wildman–Crippen MR) is 106 cm³/mol. The molecule has 2 aliphatic heterocycles. The standard InChI is InChI=1S/C22H25N3O2/c1-15-6-5-7-16(12-15)14-23-21(26)17-9-10-18-19(13-17)24(2)20-8-3-4-11-25(20)22(18)27/h5-7,9-10,12-13,20H,3-4,8,11,14H2,1-2H3,(H,23,26)/t20-/m1/s1. The van der Waals surface area contributed by atoms with Crippen LogP contribution in [0.2, 0.25) is 0 Å². The minimum Gasteiger partial charge on any atom is -0.354 e. The van der Waals surface area contributed by atoms with Crippen molar-refractivity contribution in [1.29, 1.82) is 0 Å². The highest BCUT2D eigenvalue weighted by molar-refractivity contribution is 6.04. The van der Waals surface area contributed by atoms with Crippen LogP contribution in [0.5, 0.6) is 0 Å². The fraction of sp³-hybridized carbons (Fsp3) is 0.364. The summed E-state index contributed by atoms with van der Waals surface area (Å²) in [5, 5.41) is 2.98. The molecule has 27 heavy (non-hydrogen) atoms. The zero-order valence-electron chi connectivity index (χ0n) is 15.9. The van der Waals surface area contributed by atoms with Gasteiger partial charge in [0.05, 0.1) is 11.3 Å². The first-order valence-electron chi connectivity index (χ1n) is 9.56. The molecule has 2 aromatic rings. The summed E-state index contributed by atoms with van der Waals surface area (Å²) in [6.45, 7) is 3.34. The minimum atomic E-state index is -0.119. The van der Waals surface area contributed by atoms with Crippen LogP contribution in [0.25, 0.3) is 0 Å². The molecule has 0 spiro atoms. The number of nitrogens with zero attached hydrogens (tertiary/aromatic N) is 2. The van der Waals surface area contributed by atoms with E-state index in [-0.39, 0.29) is 18.0 Å². The van der Waals surface area contributed by atoms with Crippen molar-refractivity contribution in [3.63, 3.8) is 0 Å². The Morgan fingerprint density at radius 2 is 2.04 bits per heavy atom. The van der Waals surface area contributed by atoms with Gasteiger partial charge in [-0.25, -0.2) is 0 Å². The number of aryl methyl sites for hydroxylation is 1. The smallest absolute Gasteiger partial charge is 0.257 e. The van der Waals surface area contributed by atoms with Gasteiger partial charge in [-0.2, -0.15) is 0 Å². The van der Waals surface area contributed by atoms with Crippen molar-refractivity contribution in [2.24, 2.45) is 0 Å². The lowest BCUT2D eigenvalue weighted by molar-refractivity contribution is 0.0589. The number of carbonyl (C=O) groups is 2. The van der Waals surface area contributed by atoms with E-state index in [1.165, 1.54) is 5.56 Å². The quantitative estimate of drug-likeness (QED) is 0.910. The molecule has 0 bridgehead atoms. The molecule has 5 heteroatoms. The van der Waals surface area contributed by atoms with Crippen molar-refractivity contribution in [1.82, 2.24) is 10.2 Å². The maximum atomic E-state index is 12.8. The average Bonchev–Trinajstić information content (AvgIpc) is 2.70. The van der Waals surface area contributed by atoms with Gasteiger partial charge in [0.15, 0.2) is 0 Å². The van der Waals surface area contributed by atoms with E-state index < -0.39 is 0 Å². The first-order valence-corrected chi connectivity index (χ1v) is 9.56. The summed E-state index contributed by atoms with van der Waals surface area (Å²) in [7, 11) is 2.02. The van der Waals surface area contributed by atoms with Crippen LogP contribution in [0.3, 0.4) is 0 Å². The van der Waals surface area contributed by atoms with Crippen LogP contribution in [0.4, 0.5) is 5.69 Å². The van der Waals surface area contributed by atoms with Gasteiger partial charge in [-0.1, -0.05) is 29.8 Å². The molecule has 2 heterocycles. The molecule has 2 aliphatic rings. The van der Waals surface area contributed by atoms with E-state index in [9.17, 15) is 9.59 Å². The third-order valence-corrected chi connectivity index (χ3v) is 5.58. The number of hydrogen-bond acceptors (Lipinski definition) is 3. The number of anilines is 1. The van der Waals surface area contributed by atoms with Gasteiger partial charge in [-0.15, -0.1) is 0 Å². The molecule has 2 aromatic carbocycles. The first-order chi connectivity index (χ1) is 13.0. The number of fused-ring (bicyclic) bond motifs is 2. The van der Waals surface area contributed by atoms with Crippen LogP contribution in [-0.4, -0.2) is 36.5 Å². The monoisotopic (exact) mass is 363 g/mol. The Morgan fingerprint density at radius 1 is 1.19 bits per heavy atom. The lowest BCUT2D eigenvalue weighted by Crippen LogP contribution is -2.55. The van der Waals surface area contributed by atoms with Crippen molar-refractivity contribution < 1.29 is 9.59 Å². The molecule has 0 aliphatic carbocycles. The Balaban J connectivity index is 1.54. The normalized spacial score (nSPS) is 18.7. The summed E-state index contributed by atoms with van der Waals surface area (Å²) in [6, 6.07) is 13.5. The van der Waals surface area contributed by atoms with Crippen molar-refractivity contribution >= 4 is 17.5 Å². The van der Waals surface area contributed by atoms with Gasteiger partial charge in [-0.3, -0.25) is 9.59 Å². The zero-order chi connectivity index (χ0) is 19.0. The maximum absolute atomic E-state index is 12.8. The molecule has 2 amide bonds. The van der Waals surface area contributed by atoms with E-state index in [4.69, 9.17) is 0 Å². The van der Waals surface area contributed by atoms with E-state index in [0.29, 0.717) is 17.7 Å². The molecule has 0 saturated carbocycles. The van der Waals surface area contributed by atoms with E-state index in [2.05, 4.69) is 16.3 Å². The molecular weight excluding hydrogens is 338 g/mol. The van der Waals surface area contributed by atoms with Crippen molar-refractivity contribution in [2.75, 3.05) is 18.5 Å². The highest BCUT2D eigenvalue weighted by atomic mass is 16.2. The second-order valence-electron chi connectivity index (χ2n) is 7.49. The summed E-state index contributed by atoms with van der Waals surface area (Å²) in [5.74, 6) is -0.0363. The van der Waals surface area contributed by atoms with Crippen molar-refractivity contribution in [3.05, 3.63) is 64.7 Å². The number of benzene rings is 2. The van der Waals surface area contributed by atoms with Gasteiger partial charge >= 0.3 is 0 Å².